The van der Waals surface area contributed by atoms with Crippen molar-refractivity contribution >= 4 is 5.78 Å². The fourth-order valence-electron chi connectivity index (χ4n) is 1.68. The zero-order valence-corrected chi connectivity index (χ0v) is 11.4. The van der Waals surface area contributed by atoms with Crippen molar-refractivity contribution in [1.82, 2.24) is 10.2 Å². The van der Waals surface area contributed by atoms with Gasteiger partial charge in [-0.05, 0) is 24.3 Å². The van der Waals surface area contributed by atoms with Gasteiger partial charge in [-0.2, -0.15) is 0 Å². The number of nitrogens with zero attached hydrogens (tertiary/aromatic N) is 2. The fourth-order valence-corrected chi connectivity index (χ4v) is 1.68. The van der Waals surface area contributed by atoms with Gasteiger partial charge in [0, 0.05) is 11.6 Å². The molecule has 1 heterocycles. The van der Waals surface area contributed by atoms with E-state index in [2.05, 4.69) is 10.2 Å². The average molecular weight is 274 g/mol. The number of hydrogen-bond acceptors (Lipinski definition) is 6. The average Bonchev–Trinajstić information content (AvgIpc) is 2.53. The van der Waals surface area contributed by atoms with E-state index in [-0.39, 0.29) is 11.5 Å². The van der Waals surface area contributed by atoms with E-state index in [9.17, 15) is 4.79 Å². The van der Waals surface area contributed by atoms with Crippen LogP contribution in [-0.2, 0) is 0 Å². The number of methoxy groups -OCH3 is 3. The molecule has 0 amide bonds. The maximum atomic E-state index is 12.3. The second kappa shape index (κ2) is 6.01. The van der Waals surface area contributed by atoms with E-state index in [4.69, 9.17) is 14.2 Å². The number of carbonyl (C=O) groups is 1. The first-order chi connectivity index (χ1) is 9.69. The van der Waals surface area contributed by atoms with Crippen molar-refractivity contribution in [3.05, 3.63) is 41.6 Å². The molecule has 0 bridgehead atoms. The van der Waals surface area contributed by atoms with Crippen LogP contribution in [0.3, 0.4) is 0 Å². The molecule has 0 saturated carbocycles. The van der Waals surface area contributed by atoms with Crippen LogP contribution in [0.4, 0.5) is 0 Å². The van der Waals surface area contributed by atoms with Crippen molar-refractivity contribution in [2.24, 2.45) is 0 Å². The predicted octanol–water partition coefficient (Wildman–Crippen LogP) is 1.73. The van der Waals surface area contributed by atoms with Crippen molar-refractivity contribution in [3.8, 4) is 17.4 Å². The van der Waals surface area contributed by atoms with Gasteiger partial charge in [0.25, 0.3) is 0 Å². The van der Waals surface area contributed by atoms with Crippen molar-refractivity contribution in [2.75, 3.05) is 21.3 Å². The summed E-state index contributed by atoms with van der Waals surface area (Å²) in [6.07, 6.45) is 0. The molecule has 1 aromatic carbocycles. The predicted molar refractivity (Wildman–Crippen MR) is 71.6 cm³/mol. The van der Waals surface area contributed by atoms with Gasteiger partial charge in [-0.15, -0.1) is 10.2 Å². The number of rotatable bonds is 5. The van der Waals surface area contributed by atoms with Gasteiger partial charge in [0.2, 0.25) is 11.7 Å². The molecule has 6 nitrogen and oxygen atoms in total. The Bertz CT molecular complexity index is 611. The van der Waals surface area contributed by atoms with E-state index in [1.165, 1.54) is 21.3 Å². The van der Waals surface area contributed by atoms with Crippen LogP contribution in [0.1, 0.15) is 16.1 Å². The molecular formula is C14H14N2O4. The summed E-state index contributed by atoms with van der Waals surface area (Å²) >= 11 is 0. The SMILES string of the molecule is COc1ccc(C(=O)c2ccc(OC)c(OC)c2)nn1. The summed E-state index contributed by atoms with van der Waals surface area (Å²) in [7, 11) is 4.54. The maximum Gasteiger partial charge on any atom is 0.233 e. The second-order valence-corrected chi connectivity index (χ2v) is 3.86. The van der Waals surface area contributed by atoms with Crippen molar-refractivity contribution in [3.63, 3.8) is 0 Å². The van der Waals surface area contributed by atoms with E-state index in [1.54, 1.807) is 30.3 Å². The lowest BCUT2D eigenvalue weighted by Crippen LogP contribution is -2.06. The van der Waals surface area contributed by atoms with Crippen LogP contribution in [0, 0.1) is 0 Å². The molecule has 104 valence electrons. The van der Waals surface area contributed by atoms with Crippen LogP contribution < -0.4 is 14.2 Å². The molecule has 0 aliphatic rings. The van der Waals surface area contributed by atoms with E-state index < -0.39 is 0 Å². The second-order valence-electron chi connectivity index (χ2n) is 3.86. The lowest BCUT2D eigenvalue weighted by atomic mass is 10.1. The Hall–Kier alpha value is -2.63. The summed E-state index contributed by atoms with van der Waals surface area (Å²) in [6.45, 7) is 0. The summed E-state index contributed by atoms with van der Waals surface area (Å²) in [6, 6.07) is 8.07. The summed E-state index contributed by atoms with van der Waals surface area (Å²) < 4.78 is 15.2. The number of carbonyl (C=O) groups excluding carboxylic acids is 1. The highest BCUT2D eigenvalue weighted by molar-refractivity contribution is 6.07. The van der Waals surface area contributed by atoms with Crippen molar-refractivity contribution in [1.29, 1.82) is 0 Å². The number of ketones is 1. The smallest absolute Gasteiger partial charge is 0.233 e. The Morgan fingerprint density at radius 2 is 1.65 bits per heavy atom. The third kappa shape index (κ3) is 2.69. The Balaban J connectivity index is 2.32. The minimum atomic E-state index is -0.249. The first kappa shape index (κ1) is 13.8. The quantitative estimate of drug-likeness (QED) is 0.773. The van der Waals surface area contributed by atoms with Gasteiger partial charge in [0.1, 0.15) is 5.69 Å². The normalized spacial score (nSPS) is 9.95. The monoisotopic (exact) mass is 274 g/mol. The standard InChI is InChI=1S/C14H14N2O4/c1-18-11-6-4-9(8-12(11)19-2)14(17)10-5-7-13(20-3)16-15-10/h4-8H,1-3H3. The van der Waals surface area contributed by atoms with Crippen LogP contribution in [0.15, 0.2) is 30.3 Å². The van der Waals surface area contributed by atoms with Gasteiger partial charge in [0.15, 0.2) is 11.5 Å². The van der Waals surface area contributed by atoms with E-state index >= 15 is 0 Å². The Kier molecular flexibility index (Phi) is 4.14. The van der Waals surface area contributed by atoms with Crippen LogP contribution in [0.2, 0.25) is 0 Å². The van der Waals surface area contributed by atoms with Gasteiger partial charge in [-0.1, -0.05) is 0 Å². The first-order valence-electron chi connectivity index (χ1n) is 5.84. The largest absolute Gasteiger partial charge is 0.493 e. The molecule has 20 heavy (non-hydrogen) atoms. The van der Waals surface area contributed by atoms with Crippen LogP contribution in [0.25, 0.3) is 0 Å². The molecule has 0 aliphatic heterocycles. The lowest BCUT2D eigenvalue weighted by Gasteiger charge is -2.08. The highest BCUT2D eigenvalue weighted by atomic mass is 16.5. The number of aromatic nitrogens is 2. The van der Waals surface area contributed by atoms with E-state index in [0.29, 0.717) is 22.9 Å². The molecule has 2 rings (SSSR count). The molecule has 0 aliphatic carbocycles. The molecule has 0 saturated heterocycles. The van der Waals surface area contributed by atoms with Crippen LogP contribution >= 0.6 is 0 Å². The molecule has 0 unspecified atom stereocenters. The lowest BCUT2D eigenvalue weighted by molar-refractivity contribution is 0.103. The molecule has 0 atom stereocenters. The highest BCUT2D eigenvalue weighted by Gasteiger charge is 2.14. The fraction of sp³-hybridized carbons (Fsp3) is 0.214. The molecule has 2 aromatic rings. The number of benzene rings is 1. The minimum absolute atomic E-state index is 0.234. The molecule has 1 aromatic heterocycles. The molecule has 6 heteroatoms. The third-order valence-corrected chi connectivity index (χ3v) is 2.73. The zero-order valence-electron chi connectivity index (χ0n) is 11.4. The molecular weight excluding hydrogens is 260 g/mol. The van der Waals surface area contributed by atoms with Crippen LogP contribution in [-0.4, -0.2) is 37.3 Å². The first-order valence-corrected chi connectivity index (χ1v) is 5.84. The summed E-state index contributed by atoms with van der Waals surface area (Å²) in [5.74, 6) is 1.15. The van der Waals surface area contributed by atoms with E-state index in [0.717, 1.165) is 0 Å². The molecule has 0 N–H and O–H groups in total. The summed E-state index contributed by atoms with van der Waals surface area (Å²) in [5, 5.41) is 7.60. The van der Waals surface area contributed by atoms with Gasteiger partial charge in [0.05, 0.1) is 21.3 Å². The molecule has 0 fully saturated rings. The minimum Gasteiger partial charge on any atom is -0.493 e. The van der Waals surface area contributed by atoms with Crippen molar-refractivity contribution in [2.45, 2.75) is 0 Å². The van der Waals surface area contributed by atoms with Gasteiger partial charge < -0.3 is 14.2 Å². The summed E-state index contributed by atoms with van der Waals surface area (Å²) in [5.41, 5.74) is 0.681. The van der Waals surface area contributed by atoms with Gasteiger partial charge in [-0.3, -0.25) is 4.79 Å². The third-order valence-electron chi connectivity index (χ3n) is 2.73. The van der Waals surface area contributed by atoms with Crippen molar-refractivity contribution < 1.29 is 19.0 Å². The Labute approximate surface area is 116 Å². The van der Waals surface area contributed by atoms with Crippen LogP contribution in [0.5, 0.6) is 17.4 Å². The Morgan fingerprint density at radius 1 is 0.900 bits per heavy atom. The molecule has 0 spiro atoms. The highest BCUT2D eigenvalue weighted by Crippen LogP contribution is 2.28. The molecule has 0 radical (unpaired) electrons. The van der Waals surface area contributed by atoms with Gasteiger partial charge >= 0.3 is 0 Å². The number of hydrogen-bond donors (Lipinski definition) is 0. The topological polar surface area (TPSA) is 70.5 Å². The summed E-state index contributed by atoms with van der Waals surface area (Å²) in [4.78, 5) is 12.3. The van der Waals surface area contributed by atoms with E-state index in [1.807, 2.05) is 0 Å². The Morgan fingerprint density at radius 3 is 2.20 bits per heavy atom. The number of ether oxygens (including phenoxy) is 3. The zero-order chi connectivity index (χ0) is 14.5. The maximum absolute atomic E-state index is 12.3. The van der Waals surface area contributed by atoms with Gasteiger partial charge in [-0.25, -0.2) is 0 Å².